The van der Waals surface area contributed by atoms with Gasteiger partial charge in [-0.15, -0.1) is 11.3 Å². The molecular weight excluding hydrogens is 280 g/mol. The minimum atomic E-state index is -0.263. The Kier molecular flexibility index (Phi) is 3.63. The quantitative estimate of drug-likeness (QED) is 0.925. The molecule has 0 aromatic carbocycles. The molecule has 1 aliphatic rings. The number of likely N-dealkylation sites (tertiary alicyclic amines) is 1. The molecule has 3 rings (SSSR count). The summed E-state index contributed by atoms with van der Waals surface area (Å²) >= 11 is 3.12. The number of rotatable bonds is 2. The molecule has 4 nitrogen and oxygen atoms in total. The van der Waals surface area contributed by atoms with Crippen molar-refractivity contribution in [2.45, 2.75) is 18.9 Å². The number of aromatic nitrogens is 1. The van der Waals surface area contributed by atoms with Gasteiger partial charge in [-0.1, -0.05) is 0 Å². The lowest BCUT2D eigenvalue weighted by Gasteiger charge is -2.28. The van der Waals surface area contributed by atoms with E-state index in [2.05, 4.69) is 4.98 Å². The molecule has 19 heavy (non-hydrogen) atoms. The van der Waals surface area contributed by atoms with E-state index in [0.717, 1.165) is 10.6 Å². The van der Waals surface area contributed by atoms with Crippen molar-refractivity contribution in [1.29, 1.82) is 0 Å². The molecule has 2 aromatic heterocycles. The zero-order valence-corrected chi connectivity index (χ0v) is 11.9. The minimum Gasteiger partial charge on any atom is -0.393 e. The predicted molar refractivity (Wildman–Crippen MR) is 76.6 cm³/mol. The molecule has 1 N–H and O–H groups in total. The number of aliphatic hydroxyl groups excluding tert-OH is 1. The van der Waals surface area contributed by atoms with Crippen LogP contribution in [0.4, 0.5) is 0 Å². The van der Waals surface area contributed by atoms with Gasteiger partial charge in [0.2, 0.25) is 0 Å². The standard InChI is InChI=1S/C13H14N2O2S2/c16-10-1-4-15(5-2-10)13(17)11-8-19-12(14-11)9-3-6-18-7-9/h3,6-8,10,16H,1-2,4-5H2. The molecule has 1 fully saturated rings. The molecule has 0 atom stereocenters. The van der Waals surface area contributed by atoms with Crippen molar-refractivity contribution in [3.63, 3.8) is 0 Å². The van der Waals surface area contributed by atoms with Gasteiger partial charge >= 0.3 is 0 Å². The average Bonchev–Trinajstić information content (AvgIpc) is 3.10. The van der Waals surface area contributed by atoms with Crippen LogP contribution in [0.2, 0.25) is 0 Å². The number of carbonyl (C=O) groups excluding carboxylic acids is 1. The smallest absolute Gasteiger partial charge is 0.273 e. The van der Waals surface area contributed by atoms with Crippen molar-refractivity contribution in [2.24, 2.45) is 0 Å². The van der Waals surface area contributed by atoms with Crippen LogP contribution < -0.4 is 0 Å². The van der Waals surface area contributed by atoms with Crippen LogP contribution in [0.25, 0.3) is 10.6 Å². The molecule has 0 aliphatic carbocycles. The minimum absolute atomic E-state index is 0.0235. The number of thiazole rings is 1. The van der Waals surface area contributed by atoms with Gasteiger partial charge in [-0.05, 0) is 24.3 Å². The van der Waals surface area contributed by atoms with E-state index in [1.54, 1.807) is 16.2 Å². The number of amides is 1. The maximum absolute atomic E-state index is 12.3. The van der Waals surface area contributed by atoms with E-state index < -0.39 is 0 Å². The van der Waals surface area contributed by atoms with Gasteiger partial charge in [-0.3, -0.25) is 4.79 Å². The number of carbonyl (C=O) groups is 1. The molecule has 0 spiro atoms. The van der Waals surface area contributed by atoms with E-state index in [1.807, 2.05) is 22.2 Å². The predicted octanol–water partition coefficient (Wildman–Crippen LogP) is 2.47. The summed E-state index contributed by atoms with van der Waals surface area (Å²) in [4.78, 5) is 18.5. The van der Waals surface area contributed by atoms with Gasteiger partial charge in [0.25, 0.3) is 5.91 Å². The average molecular weight is 294 g/mol. The van der Waals surface area contributed by atoms with Crippen LogP contribution in [-0.2, 0) is 0 Å². The third kappa shape index (κ3) is 2.70. The second-order valence-corrected chi connectivity index (χ2v) is 6.21. The van der Waals surface area contributed by atoms with Crippen LogP contribution in [0.1, 0.15) is 23.3 Å². The molecular formula is C13H14N2O2S2. The first-order valence-electron chi connectivity index (χ1n) is 6.19. The van der Waals surface area contributed by atoms with Crippen molar-refractivity contribution < 1.29 is 9.90 Å². The molecule has 1 aliphatic heterocycles. The number of thiophene rings is 1. The van der Waals surface area contributed by atoms with Gasteiger partial charge in [0.1, 0.15) is 10.7 Å². The molecule has 3 heterocycles. The Morgan fingerprint density at radius 3 is 2.84 bits per heavy atom. The van der Waals surface area contributed by atoms with Crippen LogP contribution in [0, 0.1) is 0 Å². The van der Waals surface area contributed by atoms with Crippen molar-refractivity contribution in [2.75, 3.05) is 13.1 Å². The molecule has 0 unspecified atom stereocenters. The molecule has 0 saturated carbocycles. The van der Waals surface area contributed by atoms with Crippen LogP contribution in [-0.4, -0.2) is 40.1 Å². The van der Waals surface area contributed by atoms with Crippen LogP contribution in [0.5, 0.6) is 0 Å². The Morgan fingerprint density at radius 2 is 2.16 bits per heavy atom. The Morgan fingerprint density at radius 1 is 1.37 bits per heavy atom. The van der Waals surface area contributed by atoms with E-state index in [9.17, 15) is 9.90 Å². The largest absolute Gasteiger partial charge is 0.393 e. The summed E-state index contributed by atoms with van der Waals surface area (Å²) in [6.45, 7) is 1.23. The summed E-state index contributed by atoms with van der Waals surface area (Å²) in [7, 11) is 0. The molecule has 0 radical (unpaired) electrons. The van der Waals surface area contributed by atoms with Gasteiger partial charge in [0.05, 0.1) is 6.10 Å². The highest BCUT2D eigenvalue weighted by atomic mass is 32.1. The van der Waals surface area contributed by atoms with Gasteiger partial charge in [-0.25, -0.2) is 4.98 Å². The first kappa shape index (κ1) is 12.8. The normalized spacial score (nSPS) is 16.8. The second-order valence-electron chi connectivity index (χ2n) is 4.57. The zero-order valence-electron chi connectivity index (χ0n) is 10.3. The fourth-order valence-electron chi connectivity index (χ4n) is 2.12. The number of piperidine rings is 1. The molecule has 1 amide bonds. The van der Waals surface area contributed by atoms with Gasteiger partial charge < -0.3 is 10.0 Å². The summed E-state index contributed by atoms with van der Waals surface area (Å²) in [6.07, 6.45) is 1.06. The van der Waals surface area contributed by atoms with Gasteiger partial charge in [-0.2, -0.15) is 11.3 Å². The lowest BCUT2D eigenvalue weighted by atomic mass is 10.1. The molecule has 2 aromatic rings. The van der Waals surface area contributed by atoms with Crippen molar-refractivity contribution in [3.8, 4) is 10.6 Å². The van der Waals surface area contributed by atoms with Crippen molar-refractivity contribution in [3.05, 3.63) is 27.9 Å². The maximum Gasteiger partial charge on any atom is 0.273 e. The highest BCUT2D eigenvalue weighted by Crippen LogP contribution is 2.26. The van der Waals surface area contributed by atoms with E-state index in [-0.39, 0.29) is 12.0 Å². The lowest BCUT2D eigenvalue weighted by molar-refractivity contribution is 0.0542. The Balaban J connectivity index is 1.74. The first-order valence-corrected chi connectivity index (χ1v) is 8.02. The summed E-state index contributed by atoms with van der Waals surface area (Å²) in [5.74, 6) is -0.0235. The SMILES string of the molecule is O=C(c1csc(-c2ccsc2)n1)N1CCC(O)CC1. The lowest BCUT2D eigenvalue weighted by Crippen LogP contribution is -2.40. The van der Waals surface area contributed by atoms with E-state index in [1.165, 1.54) is 11.3 Å². The number of nitrogens with zero attached hydrogens (tertiary/aromatic N) is 2. The van der Waals surface area contributed by atoms with Gasteiger partial charge in [0, 0.05) is 29.4 Å². The first-order chi connectivity index (χ1) is 9.24. The van der Waals surface area contributed by atoms with Crippen LogP contribution >= 0.6 is 22.7 Å². The summed E-state index contributed by atoms with van der Waals surface area (Å²) in [6, 6.07) is 2.01. The van der Waals surface area contributed by atoms with Crippen molar-refractivity contribution in [1.82, 2.24) is 9.88 Å². The third-order valence-corrected chi connectivity index (χ3v) is 4.82. The van der Waals surface area contributed by atoms with Crippen LogP contribution in [0.15, 0.2) is 22.2 Å². The number of aliphatic hydroxyl groups is 1. The summed E-state index contributed by atoms with van der Waals surface area (Å²) in [5.41, 5.74) is 1.59. The Labute approximate surface area is 119 Å². The van der Waals surface area contributed by atoms with Gasteiger partial charge in [0.15, 0.2) is 0 Å². The highest BCUT2D eigenvalue weighted by molar-refractivity contribution is 7.14. The molecule has 6 heteroatoms. The summed E-state index contributed by atoms with van der Waals surface area (Å²) < 4.78 is 0. The maximum atomic E-state index is 12.3. The number of hydrogen-bond acceptors (Lipinski definition) is 5. The fourth-order valence-corrected chi connectivity index (χ4v) is 3.63. The Hall–Kier alpha value is -1.24. The number of hydrogen-bond donors (Lipinski definition) is 1. The van der Waals surface area contributed by atoms with Crippen LogP contribution in [0.3, 0.4) is 0 Å². The van der Waals surface area contributed by atoms with E-state index >= 15 is 0 Å². The molecule has 100 valence electrons. The summed E-state index contributed by atoms with van der Waals surface area (Å²) in [5, 5.41) is 16.2. The molecule has 0 bridgehead atoms. The second kappa shape index (κ2) is 5.40. The van der Waals surface area contributed by atoms with E-state index in [0.29, 0.717) is 31.6 Å². The third-order valence-electron chi connectivity index (χ3n) is 3.24. The highest BCUT2D eigenvalue weighted by Gasteiger charge is 2.24. The van der Waals surface area contributed by atoms with E-state index in [4.69, 9.17) is 0 Å². The molecule has 1 saturated heterocycles. The zero-order chi connectivity index (χ0) is 13.2. The topological polar surface area (TPSA) is 53.4 Å². The Bertz CT molecular complexity index is 557. The monoisotopic (exact) mass is 294 g/mol. The van der Waals surface area contributed by atoms with Crippen molar-refractivity contribution >= 4 is 28.6 Å². The fraction of sp³-hybridized carbons (Fsp3) is 0.385.